The minimum absolute atomic E-state index is 0. The Balaban J connectivity index is 0. The van der Waals surface area contributed by atoms with Gasteiger partial charge in [0.15, 0.2) is 6.13 Å². The van der Waals surface area contributed by atoms with Crippen LogP contribution < -0.4 is 0 Å². The van der Waals surface area contributed by atoms with E-state index in [0.29, 0.717) is 0 Å². The summed E-state index contributed by atoms with van der Waals surface area (Å²) in [6, 6.07) is 0. The molecule has 3 heteroatoms. The molecule has 0 amide bonds. The van der Waals surface area contributed by atoms with Crippen LogP contribution in [0, 0.1) is 0 Å². The van der Waals surface area contributed by atoms with E-state index >= 15 is 0 Å². The first-order valence-electron chi connectivity index (χ1n) is 0.535. The van der Waals surface area contributed by atoms with Crippen LogP contribution >= 0.6 is 11.6 Å². The van der Waals surface area contributed by atoms with Crippen molar-refractivity contribution < 1.29 is 4.39 Å². The van der Waals surface area contributed by atoms with Gasteiger partial charge < -0.3 is 0 Å². The van der Waals surface area contributed by atoms with E-state index in [4.69, 9.17) is 0 Å². The fraction of sp³-hybridized carbons (Fsp3) is 1.00. The monoisotopic (exact) mass is 202 g/mol. The molecule has 0 saturated heterocycles. The number of rotatable bonds is 0. The van der Waals surface area contributed by atoms with E-state index in [1.54, 1.807) is 0 Å². The first kappa shape index (κ1) is 9.55. The van der Waals surface area contributed by atoms with Gasteiger partial charge in [-0.3, -0.25) is 0 Å². The number of hydrogen-bond acceptors (Lipinski definition) is 0. The van der Waals surface area contributed by atoms with Gasteiger partial charge in [0.05, 0.1) is 0 Å². The zero-order chi connectivity index (χ0) is 2.71. The second kappa shape index (κ2) is 8.99. The Labute approximate surface area is 88.5 Å². The van der Waals surface area contributed by atoms with Gasteiger partial charge in [-0.15, -0.1) is 0 Å². The molecular formula is CH3ClCsF. The molecule has 4 heavy (non-hydrogen) atoms. The Hall–Kier alpha value is 2.27. The molecule has 0 aromatic carbocycles. The Morgan fingerprint density at radius 3 is 1.75 bits per heavy atom. The van der Waals surface area contributed by atoms with Crippen LogP contribution in [0.3, 0.4) is 0 Å². The van der Waals surface area contributed by atoms with Crippen LogP contribution in [0.2, 0.25) is 0 Å². The maximum absolute atomic E-state index is 10.1. The van der Waals surface area contributed by atoms with E-state index in [1.807, 2.05) is 0 Å². The van der Waals surface area contributed by atoms with E-state index in [9.17, 15) is 4.39 Å². The van der Waals surface area contributed by atoms with Crippen LogP contribution in [-0.2, 0) is 0 Å². The average molecular weight is 202 g/mol. The van der Waals surface area contributed by atoms with Crippen LogP contribution in [0.1, 0.15) is 0 Å². The summed E-state index contributed by atoms with van der Waals surface area (Å²) in [6.45, 7) is 0. The zero-order valence-corrected chi connectivity index (χ0v) is 2.22. The quantitative estimate of drug-likeness (QED) is 0.502. The standard InChI is InChI=1S/CH2ClF.Cs.H/c2-1-3;;/h1H2;;. The van der Waals surface area contributed by atoms with Crippen LogP contribution in [0.5, 0.6) is 0 Å². The van der Waals surface area contributed by atoms with Crippen LogP contribution in [0.25, 0.3) is 0 Å². The van der Waals surface area contributed by atoms with Crippen LogP contribution in [0.4, 0.5) is 4.39 Å². The van der Waals surface area contributed by atoms with Crippen molar-refractivity contribution in [2.75, 3.05) is 6.13 Å². The predicted octanol–water partition coefficient (Wildman–Crippen LogP) is 0.504. The van der Waals surface area contributed by atoms with E-state index in [-0.39, 0.29) is 68.9 Å². The molecule has 0 aromatic heterocycles. The molecule has 0 fully saturated rings. The van der Waals surface area contributed by atoms with E-state index in [1.165, 1.54) is 0 Å². The van der Waals surface area contributed by atoms with Gasteiger partial charge in [0.2, 0.25) is 0 Å². The van der Waals surface area contributed by atoms with Crippen molar-refractivity contribution in [2.45, 2.75) is 0 Å². The number of alkyl halides is 2. The van der Waals surface area contributed by atoms with Gasteiger partial charge in [0.1, 0.15) is 0 Å². The van der Waals surface area contributed by atoms with Gasteiger partial charge in [-0.25, -0.2) is 4.39 Å². The van der Waals surface area contributed by atoms with E-state index in [2.05, 4.69) is 11.6 Å². The van der Waals surface area contributed by atoms with Gasteiger partial charge in [0.25, 0.3) is 0 Å². The molecule has 22 valence electrons. The first-order chi connectivity index (χ1) is 1.41. The second-order valence-corrected chi connectivity index (χ2v) is 0.303. The van der Waals surface area contributed by atoms with Crippen LogP contribution in [0.15, 0.2) is 0 Å². The molecule has 0 N–H and O–H groups in total. The predicted molar refractivity (Wildman–Crippen MR) is 19.0 cm³/mol. The maximum atomic E-state index is 10.1. The normalized spacial score (nSPS) is 4.50. The van der Waals surface area contributed by atoms with Crippen molar-refractivity contribution in [1.29, 1.82) is 0 Å². The van der Waals surface area contributed by atoms with Gasteiger partial charge in [-0.05, 0) is 0 Å². The Bertz CT molecular complexity index is 8.00. The molecule has 0 aliphatic heterocycles. The first-order valence-corrected chi connectivity index (χ1v) is 1.07. The molecule has 0 heterocycles. The minimum atomic E-state index is -0.778. The van der Waals surface area contributed by atoms with Crippen LogP contribution in [-0.4, -0.2) is 75.0 Å². The Morgan fingerprint density at radius 1 is 1.75 bits per heavy atom. The third kappa shape index (κ3) is 8.86. The third-order valence-corrected chi connectivity index (χ3v) is 0. The summed E-state index contributed by atoms with van der Waals surface area (Å²) in [5.74, 6) is 0. The average Bonchev–Trinajstić information content (AvgIpc) is 0.918. The van der Waals surface area contributed by atoms with Gasteiger partial charge in [0, 0.05) is 0 Å². The molecule has 0 aliphatic rings. The molecule has 0 aromatic rings. The molecule has 0 spiro atoms. The van der Waals surface area contributed by atoms with Gasteiger partial charge in [-0.2, -0.15) is 0 Å². The van der Waals surface area contributed by atoms with Crippen molar-refractivity contribution >= 4 is 80.5 Å². The van der Waals surface area contributed by atoms with E-state index in [0.717, 1.165) is 0 Å². The molecule has 0 radical (unpaired) electrons. The summed E-state index contributed by atoms with van der Waals surface area (Å²) in [7, 11) is 0. The summed E-state index contributed by atoms with van der Waals surface area (Å²) in [5.41, 5.74) is 0. The summed E-state index contributed by atoms with van der Waals surface area (Å²) in [6.07, 6.45) is -0.778. The van der Waals surface area contributed by atoms with Gasteiger partial charge >= 0.3 is 68.9 Å². The van der Waals surface area contributed by atoms with Crippen molar-refractivity contribution in [2.24, 2.45) is 0 Å². The molecule has 0 rings (SSSR count). The Kier molecular flexibility index (Phi) is 21.5. The van der Waals surface area contributed by atoms with Crippen molar-refractivity contribution in [3.63, 3.8) is 0 Å². The summed E-state index contributed by atoms with van der Waals surface area (Å²) < 4.78 is 10.1. The number of halogens is 2. The molecule has 0 nitrogen and oxygen atoms in total. The summed E-state index contributed by atoms with van der Waals surface area (Å²) in [4.78, 5) is 0. The second-order valence-electron chi connectivity index (χ2n) is 0.101. The van der Waals surface area contributed by atoms with Crippen molar-refractivity contribution in [3.05, 3.63) is 0 Å². The SMILES string of the molecule is FCCl.[CsH]. The molecule has 0 saturated carbocycles. The topological polar surface area (TPSA) is 0 Å². The molecule has 0 aliphatic carbocycles. The fourth-order valence-corrected chi connectivity index (χ4v) is 0. The Morgan fingerprint density at radius 2 is 1.75 bits per heavy atom. The van der Waals surface area contributed by atoms with E-state index < -0.39 is 6.13 Å². The third-order valence-electron chi connectivity index (χ3n) is 0. The molecular weight excluding hydrogens is 199 g/mol. The van der Waals surface area contributed by atoms with Crippen molar-refractivity contribution in [1.82, 2.24) is 0 Å². The summed E-state index contributed by atoms with van der Waals surface area (Å²) in [5, 5.41) is 0. The molecule has 0 bridgehead atoms. The zero-order valence-electron chi connectivity index (χ0n) is 1.46. The fourth-order valence-electron chi connectivity index (χ4n) is 0. The summed E-state index contributed by atoms with van der Waals surface area (Å²) >= 11 is 4.33. The molecule has 0 unspecified atom stereocenters. The van der Waals surface area contributed by atoms with Crippen molar-refractivity contribution in [3.8, 4) is 0 Å². The number of hydrogen-bond donors (Lipinski definition) is 0. The van der Waals surface area contributed by atoms with Gasteiger partial charge in [-0.1, -0.05) is 11.6 Å². The molecule has 0 atom stereocenters.